The first-order valence-electron chi connectivity index (χ1n) is 5.25. The van der Waals surface area contributed by atoms with Gasteiger partial charge in [-0.25, -0.2) is 8.78 Å². The third-order valence-corrected chi connectivity index (χ3v) is 2.48. The van der Waals surface area contributed by atoms with Crippen LogP contribution < -0.4 is 5.32 Å². The highest BCUT2D eigenvalue weighted by atomic mass is 19.1. The van der Waals surface area contributed by atoms with Gasteiger partial charge in [-0.1, -0.05) is 6.07 Å². The van der Waals surface area contributed by atoms with Crippen LogP contribution in [0.4, 0.5) is 8.78 Å². The van der Waals surface area contributed by atoms with Gasteiger partial charge in [-0.05, 0) is 18.2 Å². The second-order valence-corrected chi connectivity index (χ2v) is 3.64. The average molecular weight is 248 g/mol. The number of rotatable bonds is 2. The maximum atomic E-state index is 13.6. The molecule has 0 atom stereocenters. The minimum absolute atomic E-state index is 0.184. The minimum atomic E-state index is -0.689. The van der Waals surface area contributed by atoms with Crippen molar-refractivity contribution < 1.29 is 13.6 Å². The molecule has 0 unspecified atom stereocenters. The van der Waals surface area contributed by atoms with Gasteiger partial charge in [0.1, 0.15) is 11.6 Å². The summed E-state index contributed by atoms with van der Waals surface area (Å²) in [5.41, 5.74) is 0.292. The molecule has 18 heavy (non-hydrogen) atoms. The van der Waals surface area contributed by atoms with Gasteiger partial charge in [0, 0.05) is 25.0 Å². The zero-order valence-electron chi connectivity index (χ0n) is 9.58. The van der Waals surface area contributed by atoms with Crippen LogP contribution in [0.2, 0.25) is 0 Å². The van der Waals surface area contributed by atoms with Crippen LogP contribution in [0.5, 0.6) is 0 Å². The van der Waals surface area contributed by atoms with Crippen LogP contribution >= 0.6 is 0 Å². The fourth-order valence-corrected chi connectivity index (χ4v) is 1.62. The molecule has 1 heterocycles. The van der Waals surface area contributed by atoms with E-state index in [4.69, 9.17) is 0 Å². The molecule has 1 N–H and O–H groups in total. The van der Waals surface area contributed by atoms with E-state index in [1.807, 2.05) is 0 Å². The molecule has 0 aliphatic heterocycles. The summed E-state index contributed by atoms with van der Waals surface area (Å²) in [6.45, 7) is 0. The van der Waals surface area contributed by atoms with Gasteiger partial charge in [0.15, 0.2) is 0 Å². The highest BCUT2D eigenvalue weighted by molar-refractivity contribution is 5.94. The molecule has 0 bridgehead atoms. The number of carbonyl (C=O) groups is 1. The number of amides is 1. The molecule has 1 aromatic carbocycles. The van der Waals surface area contributed by atoms with E-state index < -0.39 is 11.6 Å². The Bertz CT molecular complexity index is 579. The van der Waals surface area contributed by atoms with Crippen LogP contribution in [0.25, 0.3) is 11.1 Å². The lowest BCUT2D eigenvalue weighted by molar-refractivity contribution is 0.0962. The Morgan fingerprint density at radius 3 is 2.50 bits per heavy atom. The van der Waals surface area contributed by atoms with Crippen molar-refractivity contribution in [1.82, 2.24) is 10.3 Å². The molecule has 2 rings (SSSR count). The summed E-state index contributed by atoms with van der Waals surface area (Å²) < 4.78 is 27.2. The summed E-state index contributed by atoms with van der Waals surface area (Å²) >= 11 is 0. The van der Waals surface area contributed by atoms with Crippen LogP contribution in [-0.2, 0) is 0 Å². The SMILES string of the molecule is CNC(=O)c1cncc(-c2c(F)cccc2F)c1. The molecule has 3 nitrogen and oxygen atoms in total. The lowest BCUT2D eigenvalue weighted by Crippen LogP contribution is -2.17. The topological polar surface area (TPSA) is 42.0 Å². The van der Waals surface area contributed by atoms with Gasteiger partial charge >= 0.3 is 0 Å². The van der Waals surface area contributed by atoms with Crippen molar-refractivity contribution in [3.63, 3.8) is 0 Å². The lowest BCUT2D eigenvalue weighted by atomic mass is 10.0. The zero-order valence-corrected chi connectivity index (χ0v) is 9.58. The normalized spacial score (nSPS) is 10.2. The zero-order chi connectivity index (χ0) is 13.1. The molecule has 0 saturated carbocycles. The van der Waals surface area contributed by atoms with Gasteiger partial charge in [0.25, 0.3) is 5.91 Å². The Labute approximate surface area is 102 Å². The number of pyridine rings is 1. The van der Waals surface area contributed by atoms with E-state index in [2.05, 4.69) is 10.3 Å². The van der Waals surface area contributed by atoms with Gasteiger partial charge in [-0.15, -0.1) is 0 Å². The third-order valence-electron chi connectivity index (χ3n) is 2.48. The Hall–Kier alpha value is -2.30. The highest BCUT2D eigenvalue weighted by Crippen LogP contribution is 2.25. The third kappa shape index (κ3) is 2.20. The van der Waals surface area contributed by atoms with Crippen molar-refractivity contribution in [3.8, 4) is 11.1 Å². The molecule has 5 heteroatoms. The largest absolute Gasteiger partial charge is 0.355 e. The van der Waals surface area contributed by atoms with Gasteiger partial charge in [-0.2, -0.15) is 0 Å². The number of nitrogens with one attached hydrogen (secondary N) is 1. The Morgan fingerprint density at radius 2 is 1.89 bits per heavy atom. The van der Waals surface area contributed by atoms with Gasteiger partial charge in [-0.3, -0.25) is 9.78 Å². The first-order chi connectivity index (χ1) is 8.63. The van der Waals surface area contributed by atoms with E-state index in [1.54, 1.807) is 0 Å². The second kappa shape index (κ2) is 4.91. The van der Waals surface area contributed by atoms with Crippen molar-refractivity contribution >= 4 is 5.91 Å². The molecule has 0 radical (unpaired) electrons. The quantitative estimate of drug-likeness (QED) is 0.886. The molecule has 0 spiro atoms. The molecule has 2 aromatic rings. The Kier molecular flexibility index (Phi) is 3.32. The van der Waals surface area contributed by atoms with Gasteiger partial charge in [0.2, 0.25) is 0 Å². The Morgan fingerprint density at radius 1 is 1.22 bits per heavy atom. The van der Waals surface area contributed by atoms with Crippen LogP contribution in [0.1, 0.15) is 10.4 Å². The number of benzene rings is 1. The van der Waals surface area contributed by atoms with E-state index in [1.165, 1.54) is 31.6 Å². The molecule has 0 aliphatic rings. The number of carbonyl (C=O) groups excluding carboxylic acids is 1. The Balaban J connectivity index is 2.55. The maximum Gasteiger partial charge on any atom is 0.252 e. The van der Waals surface area contributed by atoms with Crippen molar-refractivity contribution in [3.05, 3.63) is 53.9 Å². The predicted molar refractivity (Wildman–Crippen MR) is 63.0 cm³/mol. The van der Waals surface area contributed by atoms with E-state index >= 15 is 0 Å². The molecular weight excluding hydrogens is 238 g/mol. The van der Waals surface area contributed by atoms with Crippen molar-refractivity contribution in [2.24, 2.45) is 0 Å². The standard InChI is InChI=1S/C13H10F2N2O/c1-16-13(18)9-5-8(6-17-7-9)12-10(14)3-2-4-11(12)15/h2-7H,1H3,(H,16,18). The molecule has 1 aromatic heterocycles. The second-order valence-electron chi connectivity index (χ2n) is 3.64. The summed E-state index contributed by atoms with van der Waals surface area (Å²) in [6.07, 6.45) is 2.65. The first kappa shape index (κ1) is 12.2. The minimum Gasteiger partial charge on any atom is -0.355 e. The van der Waals surface area contributed by atoms with E-state index in [0.717, 1.165) is 12.1 Å². The van der Waals surface area contributed by atoms with Crippen LogP contribution in [-0.4, -0.2) is 17.9 Å². The number of aromatic nitrogens is 1. The number of halogens is 2. The summed E-state index contributed by atoms with van der Waals surface area (Å²) in [6, 6.07) is 4.99. The van der Waals surface area contributed by atoms with Crippen molar-refractivity contribution in [2.75, 3.05) is 7.05 Å². The summed E-state index contributed by atoms with van der Waals surface area (Å²) in [5, 5.41) is 2.42. The number of hydrogen-bond acceptors (Lipinski definition) is 2. The van der Waals surface area contributed by atoms with Crippen LogP contribution in [0, 0.1) is 11.6 Å². The van der Waals surface area contributed by atoms with E-state index in [-0.39, 0.29) is 22.6 Å². The first-order valence-corrected chi connectivity index (χ1v) is 5.25. The lowest BCUT2D eigenvalue weighted by Gasteiger charge is -2.06. The molecule has 92 valence electrons. The number of hydrogen-bond donors (Lipinski definition) is 1. The number of nitrogens with zero attached hydrogens (tertiary/aromatic N) is 1. The molecule has 0 aliphatic carbocycles. The van der Waals surface area contributed by atoms with Gasteiger partial charge < -0.3 is 5.32 Å². The van der Waals surface area contributed by atoms with E-state index in [0.29, 0.717) is 0 Å². The van der Waals surface area contributed by atoms with Crippen LogP contribution in [0.15, 0.2) is 36.7 Å². The van der Waals surface area contributed by atoms with E-state index in [9.17, 15) is 13.6 Å². The fraction of sp³-hybridized carbons (Fsp3) is 0.0769. The maximum absolute atomic E-state index is 13.6. The smallest absolute Gasteiger partial charge is 0.252 e. The molecule has 0 saturated heterocycles. The fourth-order valence-electron chi connectivity index (χ4n) is 1.62. The van der Waals surface area contributed by atoms with Crippen molar-refractivity contribution in [1.29, 1.82) is 0 Å². The summed E-state index contributed by atoms with van der Waals surface area (Å²) in [5.74, 6) is -1.74. The van der Waals surface area contributed by atoms with Crippen LogP contribution in [0.3, 0.4) is 0 Å². The van der Waals surface area contributed by atoms with Gasteiger partial charge in [0.05, 0.1) is 11.1 Å². The monoisotopic (exact) mass is 248 g/mol. The molecular formula is C13H10F2N2O. The summed E-state index contributed by atoms with van der Waals surface area (Å²) in [4.78, 5) is 15.2. The molecule has 0 fully saturated rings. The molecule has 1 amide bonds. The highest BCUT2D eigenvalue weighted by Gasteiger charge is 2.13. The summed E-state index contributed by atoms with van der Waals surface area (Å²) in [7, 11) is 1.47. The predicted octanol–water partition coefficient (Wildman–Crippen LogP) is 2.39. The van der Waals surface area contributed by atoms with Crippen molar-refractivity contribution in [2.45, 2.75) is 0 Å². The average Bonchev–Trinajstić information content (AvgIpc) is 2.38.